The van der Waals surface area contributed by atoms with Crippen molar-refractivity contribution in [2.45, 2.75) is 20.1 Å². The fourth-order valence-electron chi connectivity index (χ4n) is 1.75. The molecule has 20 heavy (non-hydrogen) atoms. The minimum absolute atomic E-state index is 0.434. The van der Waals surface area contributed by atoms with E-state index in [1.165, 1.54) is 6.08 Å². The van der Waals surface area contributed by atoms with Crippen LogP contribution in [0.3, 0.4) is 0 Å². The van der Waals surface area contributed by atoms with Crippen LogP contribution in [-0.2, 0) is 17.9 Å². The summed E-state index contributed by atoms with van der Waals surface area (Å²) in [6.07, 6.45) is 2.60. The lowest BCUT2D eigenvalue weighted by Crippen LogP contribution is -2.00. The molecule has 2 rings (SSSR count). The third-order valence-corrected chi connectivity index (χ3v) is 2.71. The molecule has 2 aromatic rings. The summed E-state index contributed by atoms with van der Waals surface area (Å²) in [5.74, 6) is -0.499. The van der Waals surface area contributed by atoms with Crippen molar-refractivity contribution in [3.8, 4) is 5.88 Å². The SMILES string of the molecule is CCn1nc(OCc2ccccc2)cc1C=CC(=O)O. The zero-order valence-corrected chi connectivity index (χ0v) is 11.2. The molecule has 0 aliphatic carbocycles. The zero-order chi connectivity index (χ0) is 14.4. The highest BCUT2D eigenvalue weighted by Crippen LogP contribution is 2.15. The van der Waals surface area contributed by atoms with Gasteiger partial charge in [-0.2, -0.15) is 0 Å². The molecule has 0 fully saturated rings. The predicted molar refractivity (Wildman–Crippen MR) is 75.3 cm³/mol. The lowest BCUT2D eigenvalue weighted by molar-refractivity contribution is -0.131. The molecule has 1 aromatic heterocycles. The Bertz CT molecular complexity index is 603. The first-order valence-corrected chi connectivity index (χ1v) is 6.34. The van der Waals surface area contributed by atoms with E-state index in [9.17, 15) is 4.79 Å². The molecule has 0 amide bonds. The van der Waals surface area contributed by atoms with Crippen molar-refractivity contribution < 1.29 is 14.6 Å². The summed E-state index contributed by atoms with van der Waals surface area (Å²) in [4.78, 5) is 10.5. The van der Waals surface area contributed by atoms with Gasteiger partial charge in [-0.05, 0) is 18.6 Å². The first-order chi connectivity index (χ1) is 9.69. The fourth-order valence-corrected chi connectivity index (χ4v) is 1.75. The van der Waals surface area contributed by atoms with Crippen LogP contribution in [0.4, 0.5) is 0 Å². The van der Waals surface area contributed by atoms with Crippen LogP contribution in [0.15, 0.2) is 42.5 Å². The molecule has 0 saturated heterocycles. The van der Waals surface area contributed by atoms with E-state index < -0.39 is 5.97 Å². The number of hydrogen-bond acceptors (Lipinski definition) is 3. The van der Waals surface area contributed by atoms with Gasteiger partial charge in [0.05, 0.1) is 5.69 Å². The monoisotopic (exact) mass is 272 g/mol. The summed E-state index contributed by atoms with van der Waals surface area (Å²) >= 11 is 0. The van der Waals surface area contributed by atoms with Gasteiger partial charge in [-0.1, -0.05) is 30.3 Å². The van der Waals surface area contributed by atoms with Crippen LogP contribution in [-0.4, -0.2) is 20.9 Å². The van der Waals surface area contributed by atoms with E-state index in [1.807, 2.05) is 37.3 Å². The lowest BCUT2D eigenvalue weighted by atomic mass is 10.2. The number of benzene rings is 1. The summed E-state index contributed by atoms with van der Waals surface area (Å²) in [5.41, 5.74) is 1.76. The zero-order valence-electron chi connectivity index (χ0n) is 11.2. The van der Waals surface area contributed by atoms with E-state index in [2.05, 4.69) is 5.10 Å². The number of aryl methyl sites for hydroxylation is 1. The van der Waals surface area contributed by atoms with Crippen LogP contribution in [0.25, 0.3) is 6.08 Å². The van der Waals surface area contributed by atoms with Gasteiger partial charge in [0.1, 0.15) is 6.61 Å². The third kappa shape index (κ3) is 3.71. The highest BCUT2D eigenvalue weighted by molar-refractivity contribution is 5.84. The lowest BCUT2D eigenvalue weighted by Gasteiger charge is -2.02. The maximum absolute atomic E-state index is 10.5. The Kier molecular flexibility index (Phi) is 4.55. The Morgan fingerprint density at radius 1 is 1.40 bits per heavy atom. The molecule has 5 nitrogen and oxygen atoms in total. The van der Waals surface area contributed by atoms with Crippen LogP contribution in [0, 0.1) is 0 Å². The van der Waals surface area contributed by atoms with Gasteiger partial charge in [-0.25, -0.2) is 4.79 Å². The highest BCUT2D eigenvalue weighted by atomic mass is 16.5. The Balaban J connectivity index is 2.07. The number of ether oxygens (including phenoxy) is 1. The second-order valence-electron chi connectivity index (χ2n) is 4.17. The number of hydrogen-bond donors (Lipinski definition) is 1. The van der Waals surface area contributed by atoms with E-state index in [1.54, 1.807) is 10.7 Å². The number of aromatic nitrogens is 2. The van der Waals surface area contributed by atoms with Crippen molar-refractivity contribution >= 4 is 12.0 Å². The topological polar surface area (TPSA) is 64.4 Å². The van der Waals surface area contributed by atoms with Crippen LogP contribution in [0.5, 0.6) is 5.88 Å². The van der Waals surface area contributed by atoms with Crippen LogP contribution < -0.4 is 4.74 Å². The van der Waals surface area contributed by atoms with Gasteiger partial charge < -0.3 is 9.84 Å². The molecule has 1 aromatic carbocycles. The molecule has 104 valence electrons. The third-order valence-electron chi connectivity index (χ3n) is 2.71. The largest absolute Gasteiger partial charge is 0.478 e. The van der Waals surface area contributed by atoms with Crippen LogP contribution in [0.2, 0.25) is 0 Å². The summed E-state index contributed by atoms with van der Waals surface area (Å²) < 4.78 is 7.30. The number of nitrogens with zero attached hydrogens (tertiary/aromatic N) is 2. The normalized spacial score (nSPS) is 10.8. The van der Waals surface area contributed by atoms with Crippen molar-refractivity contribution in [1.29, 1.82) is 0 Å². The summed E-state index contributed by atoms with van der Waals surface area (Å²) in [5, 5.41) is 12.9. The minimum atomic E-state index is -0.986. The van der Waals surface area contributed by atoms with Crippen molar-refractivity contribution in [1.82, 2.24) is 9.78 Å². The van der Waals surface area contributed by atoms with Gasteiger partial charge >= 0.3 is 5.97 Å². The van der Waals surface area contributed by atoms with E-state index >= 15 is 0 Å². The van der Waals surface area contributed by atoms with Gasteiger partial charge in [0.2, 0.25) is 5.88 Å². The summed E-state index contributed by atoms with van der Waals surface area (Å²) in [6, 6.07) is 11.5. The van der Waals surface area contributed by atoms with E-state index in [-0.39, 0.29) is 0 Å². The average Bonchev–Trinajstić information content (AvgIpc) is 2.86. The molecule has 5 heteroatoms. The van der Waals surface area contributed by atoms with Gasteiger partial charge in [-0.15, -0.1) is 5.10 Å². The van der Waals surface area contributed by atoms with Crippen molar-refractivity contribution in [3.05, 3.63) is 53.7 Å². The van der Waals surface area contributed by atoms with E-state index in [4.69, 9.17) is 9.84 Å². The van der Waals surface area contributed by atoms with Crippen LogP contribution in [0.1, 0.15) is 18.2 Å². The second-order valence-corrected chi connectivity index (χ2v) is 4.17. The first-order valence-electron chi connectivity index (χ1n) is 6.34. The molecule has 0 unspecified atom stereocenters. The molecule has 0 bridgehead atoms. The molecule has 0 saturated carbocycles. The van der Waals surface area contributed by atoms with E-state index in [0.29, 0.717) is 24.7 Å². The van der Waals surface area contributed by atoms with Crippen molar-refractivity contribution in [2.75, 3.05) is 0 Å². The number of carboxylic acid groups (broad SMARTS) is 1. The second kappa shape index (κ2) is 6.56. The maximum Gasteiger partial charge on any atom is 0.328 e. The number of carbonyl (C=O) groups is 1. The summed E-state index contributed by atoms with van der Waals surface area (Å²) in [7, 11) is 0. The molecule has 0 aliphatic rings. The Labute approximate surface area is 117 Å². The minimum Gasteiger partial charge on any atom is -0.478 e. The van der Waals surface area contributed by atoms with Crippen molar-refractivity contribution in [2.24, 2.45) is 0 Å². The van der Waals surface area contributed by atoms with Crippen molar-refractivity contribution in [3.63, 3.8) is 0 Å². The molecular formula is C15H16N2O3. The van der Waals surface area contributed by atoms with E-state index in [0.717, 1.165) is 11.6 Å². The predicted octanol–water partition coefficient (Wildman–Crippen LogP) is 2.58. The van der Waals surface area contributed by atoms with Gasteiger partial charge in [-0.3, -0.25) is 4.68 Å². The number of aliphatic carboxylic acids is 1. The molecule has 0 atom stereocenters. The van der Waals surface area contributed by atoms with Gasteiger partial charge in [0.15, 0.2) is 0 Å². The first kappa shape index (κ1) is 13.9. The van der Waals surface area contributed by atoms with Gasteiger partial charge in [0, 0.05) is 18.7 Å². The number of carboxylic acids is 1. The molecule has 0 radical (unpaired) electrons. The Morgan fingerprint density at radius 2 is 2.15 bits per heavy atom. The molecule has 1 heterocycles. The van der Waals surface area contributed by atoms with Crippen LogP contribution >= 0.6 is 0 Å². The van der Waals surface area contributed by atoms with Gasteiger partial charge in [0.25, 0.3) is 0 Å². The highest BCUT2D eigenvalue weighted by Gasteiger charge is 2.06. The quantitative estimate of drug-likeness (QED) is 0.821. The maximum atomic E-state index is 10.5. The molecule has 1 N–H and O–H groups in total. The standard InChI is InChI=1S/C15H16N2O3/c1-2-17-13(8-9-15(18)19)10-14(16-17)20-11-12-6-4-3-5-7-12/h3-10H,2,11H2,1H3,(H,18,19). The molecule has 0 spiro atoms. The number of rotatable bonds is 6. The average molecular weight is 272 g/mol. The smallest absolute Gasteiger partial charge is 0.328 e. The molecular weight excluding hydrogens is 256 g/mol. The molecule has 0 aliphatic heterocycles. The fraction of sp³-hybridized carbons (Fsp3) is 0.200. The Morgan fingerprint density at radius 3 is 2.80 bits per heavy atom. The summed E-state index contributed by atoms with van der Waals surface area (Å²) in [6.45, 7) is 3.02. The Hall–Kier alpha value is -2.56.